The number of fused-ring (bicyclic) bond motifs is 1. The molecule has 0 aromatic carbocycles. The molecule has 3 aromatic heterocycles. The quantitative estimate of drug-likeness (QED) is 0.553. The average molecular weight is 359 g/mol. The number of nitrogens with one attached hydrogen (secondary N) is 2. The summed E-state index contributed by atoms with van der Waals surface area (Å²) >= 11 is 3.16. The Balaban J connectivity index is 1.56. The Bertz CT molecular complexity index is 900. The molecule has 2 N–H and O–H groups in total. The summed E-state index contributed by atoms with van der Waals surface area (Å²) < 4.78 is 0. The maximum atomic E-state index is 12.3. The van der Waals surface area contributed by atoms with E-state index in [1.165, 1.54) is 16.6 Å². The standard InChI is InChI=1S/C16H17N5OS2/c1-23-16-18-12-4-5-21(9-11(12)15(22)19-16)8-10-7-17-20-14(10)13-3-2-6-24-13/h2-3,6-7H,4-5,8-9H2,1H3,(H,17,20)(H,18,19,22). The Kier molecular flexibility index (Phi) is 4.26. The van der Waals surface area contributed by atoms with Crippen molar-refractivity contribution >= 4 is 23.1 Å². The molecule has 4 heterocycles. The van der Waals surface area contributed by atoms with Gasteiger partial charge in [0, 0.05) is 31.6 Å². The van der Waals surface area contributed by atoms with Crippen LogP contribution >= 0.6 is 23.1 Å². The van der Waals surface area contributed by atoms with Crippen LogP contribution in [0.25, 0.3) is 10.6 Å². The van der Waals surface area contributed by atoms with Crippen LogP contribution in [0.4, 0.5) is 0 Å². The zero-order chi connectivity index (χ0) is 16.5. The number of hydrogen-bond acceptors (Lipinski definition) is 6. The van der Waals surface area contributed by atoms with Crippen molar-refractivity contribution in [1.82, 2.24) is 25.1 Å². The van der Waals surface area contributed by atoms with Crippen LogP contribution in [-0.2, 0) is 19.5 Å². The molecule has 0 spiro atoms. The lowest BCUT2D eigenvalue weighted by atomic mass is 10.1. The molecule has 1 aliphatic heterocycles. The second kappa shape index (κ2) is 6.54. The molecule has 0 saturated heterocycles. The van der Waals surface area contributed by atoms with Crippen molar-refractivity contribution < 1.29 is 0 Å². The van der Waals surface area contributed by atoms with E-state index in [4.69, 9.17) is 0 Å². The van der Waals surface area contributed by atoms with Gasteiger partial charge in [-0.25, -0.2) is 4.98 Å². The zero-order valence-corrected chi connectivity index (χ0v) is 14.8. The van der Waals surface area contributed by atoms with Crippen molar-refractivity contribution in [3.8, 4) is 10.6 Å². The summed E-state index contributed by atoms with van der Waals surface area (Å²) in [4.78, 5) is 23.2. The molecule has 24 heavy (non-hydrogen) atoms. The number of thioether (sulfide) groups is 1. The van der Waals surface area contributed by atoms with Gasteiger partial charge in [0.1, 0.15) is 0 Å². The molecule has 0 bridgehead atoms. The Morgan fingerprint density at radius 3 is 3.17 bits per heavy atom. The number of rotatable bonds is 4. The highest BCUT2D eigenvalue weighted by Crippen LogP contribution is 2.27. The van der Waals surface area contributed by atoms with Crippen molar-refractivity contribution in [3.63, 3.8) is 0 Å². The fourth-order valence-electron chi connectivity index (χ4n) is 3.00. The maximum absolute atomic E-state index is 12.3. The Morgan fingerprint density at radius 2 is 2.38 bits per heavy atom. The summed E-state index contributed by atoms with van der Waals surface area (Å²) in [5.74, 6) is 0. The number of thiophene rings is 1. The first-order valence-electron chi connectivity index (χ1n) is 7.69. The molecule has 0 fully saturated rings. The minimum absolute atomic E-state index is 0.0141. The van der Waals surface area contributed by atoms with Crippen LogP contribution in [0.15, 0.2) is 33.7 Å². The monoisotopic (exact) mass is 359 g/mol. The number of aromatic amines is 2. The first-order chi connectivity index (χ1) is 11.7. The third-order valence-corrected chi connectivity index (χ3v) is 5.67. The van der Waals surface area contributed by atoms with Gasteiger partial charge in [-0.1, -0.05) is 17.8 Å². The van der Waals surface area contributed by atoms with Gasteiger partial charge in [-0.2, -0.15) is 5.10 Å². The molecule has 124 valence electrons. The van der Waals surface area contributed by atoms with Gasteiger partial charge in [0.25, 0.3) is 5.56 Å². The van der Waals surface area contributed by atoms with Crippen LogP contribution in [0.3, 0.4) is 0 Å². The van der Waals surface area contributed by atoms with E-state index in [0.29, 0.717) is 11.7 Å². The summed E-state index contributed by atoms with van der Waals surface area (Å²) in [5, 5.41) is 10.1. The smallest absolute Gasteiger partial charge is 0.256 e. The molecule has 3 aromatic rings. The predicted octanol–water partition coefficient (Wildman–Crippen LogP) is 2.50. The van der Waals surface area contributed by atoms with Crippen molar-refractivity contribution in [2.75, 3.05) is 12.8 Å². The van der Waals surface area contributed by atoms with E-state index in [2.05, 4.69) is 36.5 Å². The van der Waals surface area contributed by atoms with E-state index in [1.807, 2.05) is 18.5 Å². The van der Waals surface area contributed by atoms with Gasteiger partial charge in [-0.05, 0) is 17.7 Å². The number of nitrogens with zero attached hydrogens (tertiary/aromatic N) is 3. The van der Waals surface area contributed by atoms with Gasteiger partial charge in [0.05, 0.1) is 28.0 Å². The molecule has 0 amide bonds. The lowest BCUT2D eigenvalue weighted by Crippen LogP contribution is -2.35. The molecule has 6 nitrogen and oxygen atoms in total. The molecule has 8 heteroatoms. The van der Waals surface area contributed by atoms with E-state index < -0.39 is 0 Å². The van der Waals surface area contributed by atoms with E-state index in [-0.39, 0.29) is 5.56 Å². The van der Waals surface area contributed by atoms with Gasteiger partial charge in [0.2, 0.25) is 0 Å². The van der Waals surface area contributed by atoms with Crippen molar-refractivity contribution in [3.05, 3.63) is 50.9 Å². The van der Waals surface area contributed by atoms with Crippen LogP contribution in [0.5, 0.6) is 0 Å². The van der Waals surface area contributed by atoms with E-state index in [0.717, 1.165) is 42.0 Å². The minimum Gasteiger partial charge on any atom is -0.301 e. The number of aromatic nitrogens is 4. The molecule has 1 aliphatic rings. The highest BCUT2D eigenvalue weighted by atomic mass is 32.2. The zero-order valence-electron chi connectivity index (χ0n) is 13.2. The van der Waals surface area contributed by atoms with Crippen molar-refractivity contribution in [2.45, 2.75) is 24.7 Å². The summed E-state index contributed by atoms with van der Waals surface area (Å²) in [6.45, 7) is 2.29. The second-order valence-electron chi connectivity index (χ2n) is 5.71. The summed E-state index contributed by atoms with van der Waals surface area (Å²) in [7, 11) is 0. The van der Waals surface area contributed by atoms with Crippen LogP contribution in [0.2, 0.25) is 0 Å². The summed E-state index contributed by atoms with van der Waals surface area (Å²) in [6, 6.07) is 4.13. The normalized spacial score (nSPS) is 14.7. The highest BCUT2D eigenvalue weighted by molar-refractivity contribution is 7.98. The van der Waals surface area contributed by atoms with Crippen molar-refractivity contribution in [2.24, 2.45) is 0 Å². The third kappa shape index (κ3) is 2.92. The third-order valence-electron chi connectivity index (χ3n) is 4.20. The fraction of sp³-hybridized carbons (Fsp3) is 0.312. The van der Waals surface area contributed by atoms with Crippen LogP contribution in [0.1, 0.15) is 16.8 Å². The maximum Gasteiger partial charge on any atom is 0.256 e. The van der Waals surface area contributed by atoms with Gasteiger partial charge in [-0.3, -0.25) is 14.8 Å². The largest absolute Gasteiger partial charge is 0.301 e. The molecule has 4 rings (SSSR count). The van der Waals surface area contributed by atoms with Crippen LogP contribution in [-0.4, -0.2) is 37.9 Å². The minimum atomic E-state index is -0.0141. The average Bonchev–Trinajstić information content (AvgIpc) is 3.26. The molecule has 0 unspecified atom stereocenters. The van der Waals surface area contributed by atoms with Crippen LogP contribution < -0.4 is 5.56 Å². The fourth-order valence-corrected chi connectivity index (χ4v) is 4.15. The number of H-pyrrole nitrogens is 2. The van der Waals surface area contributed by atoms with Crippen LogP contribution in [0, 0.1) is 0 Å². The van der Waals surface area contributed by atoms with Gasteiger partial charge >= 0.3 is 0 Å². The highest BCUT2D eigenvalue weighted by Gasteiger charge is 2.22. The molecular formula is C16H17N5OS2. The van der Waals surface area contributed by atoms with E-state index in [9.17, 15) is 4.79 Å². The Labute approximate surface area is 147 Å². The molecule has 0 aliphatic carbocycles. The summed E-state index contributed by atoms with van der Waals surface area (Å²) in [6.07, 6.45) is 4.60. The first kappa shape index (κ1) is 15.6. The lowest BCUT2D eigenvalue weighted by molar-refractivity contribution is 0.241. The molecule has 0 atom stereocenters. The van der Waals surface area contributed by atoms with E-state index >= 15 is 0 Å². The Morgan fingerprint density at radius 1 is 1.46 bits per heavy atom. The van der Waals surface area contributed by atoms with E-state index in [1.54, 1.807) is 11.3 Å². The number of hydrogen-bond donors (Lipinski definition) is 2. The second-order valence-corrected chi connectivity index (χ2v) is 7.45. The summed E-state index contributed by atoms with van der Waals surface area (Å²) in [5.41, 5.74) is 3.94. The van der Waals surface area contributed by atoms with Gasteiger partial charge < -0.3 is 4.98 Å². The topological polar surface area (TPSA) is 77.7 Å². The first-order valence-corrected chi connectivity index (χ1v) is 9.79. The molecule has 0 radical (unpaired) electrons. The molecule has 0 saturated carbocycles. The van der Waals surface area contributed by atoms with Crippen molar-refractivity contribution in [1.29, 1.82) is 0 Å². The Hall–Kier alpha value is -1.90. The van der Waals surface area contributed by atoms with Gasteiger partial charge in [0.15, 0.2) is 5.16 Å². The lowest BCUT2D eigenvalue weighted by Gasteiger charge is -2.27. The molecular weight excluding hydrogens is 342 g/mol. The van der Waals surface area contributed by atoms with Gasteiger partial charge in [-0.15, -0.1) is 11.3 Å². The predicted molar refractivity (Wildman–Crippen MR) is 96.4 cm³/mol. The SMILES string of the molecule is CSc1nc2c(c(=O)[nH]1)CN(Cc1cn[nH]c1-c1cccs1)CC2.